The molecule has 0 aromatic carbocycles. The minimum atomic E-state index is -0.00662. The zero-order valence-electron chi connectivity index (χ0n) is 11.5. The molecule has 3 unspecified atom stereocenters. The molecule has 3 heteroatoms. The second-order valence-electron chi connectivity index (χ2n) is 6.24. The molecule has 2 heterocycles. The predicted molar refractivity (Wildman–Crippen MR) is 68.0 cm³/mol. The van der Waals surface area contributed by atoms with Crippen LogP contribution in [0.15, 0.2) is 0 Å². The highest BCUT2D eigenvalue weighted by molar-refractivity contribution is 5.82. The number of likely N-dealkylation sites (tertiary alicyclic amines) is 1. The van der Waals surface area contributed by atoms with Crippen LogP contribution in [0.25, 0.3) is 0 Å². The van der Waals surface area contributed by atoms with Crippen molar-refractivity contribution >= 4 is 5.78 Å². The van der Waals surface area contributed by atoms with Crippen LogP contribution >= 0.6 is 0 Å². The highest BCUT2D eigenvalue weighted by Crippen LogP contribution is 2.32. The fourth-order valence-electron chi connectivity index (χ4n) is 3.22. The summed E-state index contributed by atoms with van der Waals surface area (Å²) < 4.78 is 5.78. The first-order chi connectivity index (χ1) is 7.91. The fourth-order valence-corrected chi connectivity index (χ4v) is 3.22. The zero-order valence-corrected chi connectivity index (χ0v) is 11.5. The van der Waals surface area contributed by atoms with Gasteiger partial charge in [0.25, 0.3) is 0 Å². The van der Waals surface area contributed by atoms with Gasteiger partial charge in [-0.15, -0.1) is 0 Å². The summed E-state index contributed by atoms with van der Waals surface area (Å²) in [5, 5.41) is 0. The molecular weight excluding hydrogens is 214 g/mol. The molecule has 2 aliphatic rings. The van der Waals surface area contributed by atoms with Gasteiger partial charge in [-0.05, 0) is 33.6 Å². The Kier molecular flexibility index (Phi) is 3.60. The lowest BCUT2D eigenvalue weighted by molar-refractivity contribution is -0.132. The van der Waals surface area contributed by atoms with Gasteiger partial charge in [0.05, 0.1) is 5.60 Å². The van der Waals surface area contributed by atoms with E-state index in [2.05, 4.69) is 32.6 Å². The number of carbonyl (C=O) groups is 1. The second kappa shape index (κ2) is 4.69. The molecule has 2 fully saturated rings. The SMILES string of the molecule is CC1C(=O)CCN(C2CCOC(C)(C)C2)C1C. The van der Waals surface area contributed by atoms with Crippen molar-refractivity contribution in [2.45, 2.75) is 64.6 Å². The number of hydrogen-bond acceptors (Lipinski definition) is 3. The van der Waals surface area contributed by atoms with Crippen LogP contribution in [0.5, 0.6) is 0 Å². The number of hydrogen-bond donors (Lipinski definition) is 0. The Morgan fingerprint density at radius 2 is 2.06 bits per heavy atom. The Labute approximate surface area is 105 Å². The van der Waals surface area contributed by atoms with Gasteiger partial charge in [0, 0.05) is 37.6 Å². The predicted octanol–water partition coefficient (Wildman–Crippen LogP) is 2.24. The van der Waals surface area contributed by atoms with Crippen LogP contribution in [0.2, 0.25) is 0 Å². The zero-order chi connectivity index (χ0) is 12.6. The maximum atomic E-state index is 11.7. The summed E-state index contributed by atoms with van der Waals surface area (Å²) in [7, 11) is 0. The van der Waals surface area contributed by atoms with E-state index in [4.69, 9.17) is 4.74 Å². The van der Waals surface area contributed by atoms with Crippen LogP contribution in [0.4, 0.5) is 0 Å². The van der Waals surface area contributed by atoms with E-state index in [-0.39, 0.29) is 11.5 Å². The van der Waals surface area contributed by atoms with E-state index in [9.17, 15) is 4.79 Å². The third-order valence-corrected chi connectivity index (χ3v) is 4.51. The molecule has 0 aliphatic carbocycles. The van der Waals surface area contributed by atoms with Gasteiger partial charge < -0.3 is 4.74 Å². The Hall–Kier alpha value is -0.410. The lowest BCUT2D eigenvalue weighted by Gasteiger charge is -2.47. The smallest absolute Gasteiger partial charge is 0.138 e. The number of Topliss-reactive ketones (excluding diaryl/α,β-unsaturated/α-hetero) is 1. The Morgan fingerprint density at radius 1 is 1.35 bits per heavy atom. The van der Waals surface area contributed by atoms with Crippen molar-refractivity contribution in [1.82, 2.24) is 4.90 Å². The summed E-state index contributed by atoms with van der Waals surface area (Å²) in [5.41, 5.74) is -0.00662. The van der Waals surface area contributed by atoms with Crippen molar-refractivity contribution < 1.29 is 9.53 Å². The molecule has 0 aromatic rings. The maximum Gasteiger partial charge on any atom is 0.138 e. The topological polar surface area (TPSA) is 29.5 Å². The van der Waals surface area contributed by atoms with Crippen LogP contribution in [0.3, 0.4) is 0 Å². The van der Waals surface area contributed by atoms with Crippen molar-refractivity contribution in [1.29, 1.82) is 0 Å². The number of piperidine rings is 1. The van der Waals surface area contributed by atoms with Gasteiger partial charge in [-0.1, -0.05) is 6.92 Å². The summed E-state index contributed by atoms with van der Waals surface area (Å²) in [5.74, 6) is 0.620. The molecule has 0 radical (unpaired) electrons. The lowest BCUT2D eigenvalue weighted by atomic mass is 9.85. The summed E-state index contributed by atoms with van der Waals surface area (Å²) in [6, 6.07) is 0.972. The van der Waals surface area contributed by atoms with Crippen LogP contribution in [0, 0.1) is 5.92 Å². The summed E-state index contributed by atoms with van der Waals surface area (Å²) in [6.45, 7) is 10.4. The third-order valence-electron chi connectivity index (χ3n) is 4.51. The van der Waals surface area contributed by atoms with E-state index >= 15 is 0 Å². The Bertz CT molecular complexity index is 301. The van der Waals surface area contributed by atoms with Gasteiger partial charge >= 0.3 is 0 Å². The molecule has 0 amide bonds. The van der Waals surface area contributed by atoms with Gasteiger partial charge in [-0.2, -0.15) is 0 Å². The number of nitrogens with zero attached hydrogens (tertiary/aromatic N) is 1. The van der Waals surface area contributed by atoms with E-state index in [1.165, 1.54) is 0 Å². The molecule has 0 spiro atoms. The largest absolute Gasteiger partial charge is 0.375 e. The maximum absolute atomic E-state index is 11.7. The fraction of sp³-hybridized carbons (Fsp3) is 0.929. The normalized spacial score (nSPS) is 39.3. The molecule has 0 aromatic heterocycles. The lowest BCUT2D eigenvalue weighted by Crippen LogP contribution is -2.55. The number of ether oxygens (including phenoxy) is 1. The minimum absolute atomic E-state index is 0.00662. The molecule has 2 aliphatic heterocycles. The van der Waals surface area contributed by atoms with Crippen LogP contribution in [-0.4, -0.2) is 41.5 Å². The van der Waals surface area contributed by atoms with Gasteiger partial charge in [0.2, 0.25) is 0 Å². The minimum Gasteiger partial charge on any atom is -0.375 e. The number of carbonyl (C=O) groups excluding carboxylic acids is 1. The van der Waals surface area contributed by atoms with Crippen molar-refractivity contribution in [2.24, 2.45) is 5.92 Å². The van der Waals surface area contributed by atoms with Gasteiger partial charge in [0.15, 0.2) is 0 Å². The molecule has 3 atom stereocenters. The first kappa shape index (κ1) is 13.0. The van der Waals surface area contributed by atoms with Gasteiger partial charge in [-0.25, -0.2) is 0 Å². The molecule has 0 saturated carbocycles. The third kappa shape index (κ3) is 2.71. The summed E-state index contributed by atoms with van der Waals surface area (Å²) in [4.78, 5) is 14.2. The van der Waals surface area contributed by atoms with Gasteiger partial charge in [-0.3, -0.25) is 9.69 Å². The van der Waals surface area contributed by atoms with Crippen LogP contribution in [0.1, 0.15) is 47.0 Å². The molecule has 0 bridgehead atoms. The van der Waals surface area contributed by atoms with E-state index < -0.39 is 0 Å². The molecular formula is C14H25NO2. The molecule has 2 rings (SSSR count). The highest BCUT2D eigenvalue weighted by atomic mass is 16.5. The average Bonchev–Trinajstić information content (AvgIpc) is 2.25. The number of ketones is 1. The standard InChI is InChI=1S/C14H25NO2/c1-10-11(2)15(7-5-13(10)16)12-6-8-17-14(3,4)9-12/h10-12H,5-9H2,1-4H3. The van der Waals surface area contributed by atoms with Crippen LogP contribution in [-0.2, 0) is 9.53 Å². The van der Waals surface area contributed by atoms with Crippen molar-refractivity contribution in [3.63, 3.8) is 0 Å². The Morgan fingerprint density at radius 3 is 2.71 bits per heavy atom. The quantitative estimate of drug-likeness (QED) is 0.703. The average molecular weight is 239 g/mol. The van der Waals surface area contributed by atoms with E-state index in [0.717, 1.165) is 32.4 Å². The van der Waals surface area contributed by atoms with E-state index in [1.807, 2.05) is 0 Å². The monoisotopic (exact) mass is 239 g/mol. The first-order valence-electron chi connectivity index (χ1n) is 6.83. The van der Waals surface area contributed by atoms with Crippen LogP contribution < -0.4 is 0 Å². The molecule has 3 nitrogen and oxygen atoms in total. The van der Waals surface area contributed by atoms with E-state index in [1.54, 1.807) is 0 Å². The molecule has 0 N–H and O–H groups in total. The van der Waals surface area contributed by atoms with Gasteiger partial charge in [0.1, 0.15) is 5.78 Å². The molecule has 2 saturated heterocycles. The highest BCUT2D eigenvalue weighted by Gasteiger charge is 2.38. The summed E-state index contributed by atoms with van der Waals surface area (Å²) >= 11 is 0. The van der Waals surface area contributed by atoms with Crippen molar-refractivity contribution in [2.75, 3.05) is 13.2 Å². The summed E-state index contributed by atoms with van der Waals surface area (Å²) in [6.07, 6.45) is 2.91. The van der Waals surface area contributed by atoms with E-state index in [0.29, 0.717) is 17.9 Å². The molecule has 17 heavy (non-hydrogen) atoms. The second-order valence-corrected chi connectivity index (χ2v) is 6.24. The Balaban J connectivity index is 2.04. The van der Waals surface area contributed by atoms with Crippen molar-refractivity contribution in [3.05, 3.63) is 0 Å². The number of rotatable bonds is 1. The molecule has 98 valence electrons. The van der Waals surface area contributed by atoms with Crippen molar-refractivity contribution in [3.8, 4) is 0 Å². The first-order valence-corrected chi connectivity index (χ1v) is 6.83.